The molecule has 2 aromatic rings. The van der Waals surface area contributed by atoms with Crippen LogP contribution < -0.4 is 9.46 Å². The molecule has 0 unspecified atom stereocenters. The molecular formula is C12H15N3O3S. The van der Waals surface area contributed by atoms with Gasteiger partial charge in [0.1, 0.15) is 5.75 Å². The molecule has 102 valence electrons. The summed E-state index contributed by atoms with van der Waals surface area (Å²) in [5.74, 6) is 0.615. The number of nitrogens with zero attached hydrogens (tertiary/aromatic N) is 2. The number of aryl methyl sites for hydroxylation is 1. The Morgan fingerprint density at radius 1 is 1.26 bits per heavy atom. The molecule has 0 amide bonds. The van der Waals surface area contributed by atoms with Crippen LogP contribution >= 0.6 is 0 Å². The second-order valence-corrected chi connectivity index (χ2v) is 5.75. The standard InChI is InChI=1S/C12H15N3O3S/c1-15-8-7-10(14-15)9-13-19(16,17)12-5-3-11(18-2)4-6-12/h3-8,13H,9H2,1-2H3. The summed E-state index contributed by atoms with van der Waals surface area (Å²) in [6, 6.07) is 7.97. The van der Waals surface area contributed by atoms with Gasteiger partial charge in [-0.25, -0.2) is 13.1 Å². The molecule has 0 aliphatic heterocycles. The monoisotopic (exact) mass is 281 g/mol. The van der Waals surface area contributed by atoms with Gasteiger partial charge >= 0.3 is 0 Å². The Morgan fingerprint density at radius 2 is 1.95 bits per heavy atom. The van der Waals surface area contributed by atoms with Crippen LogP contribution in [0.3, 0.4) is 0 Å². The molecule has 1 N–H and O–H groups in total. The van der Waals surface area contributed by atoms with E-state index in [1.165, 1.54) is 19.2 Å². The van der Waals surface area contributed by atoms with Crippen molar-refractivity contribution >= 4 is 10.0 Å². The summed E-state index contributed by atoms with van der Waals surface area (Å²) in [4.78, 5) is 0.198. The number of benzene rings is 1. The van der Waals surface area contributed by atoms with Gasteiger partial charge in [-0.3, -0.25) is 4.68 Å². The average Bonchev–Trinajstić information content (AvgIpc) is 2.82. The molecule has 1 heterocycles. The first kappa shape index (κ1) is 13.6. The predicted octanol–water partition coefficient (Wildman–Crippen LogP) is 0.907. The first-order valence-electron chi connectivity index (χ1n) is 5.63. The van der Waals surface area contributed by atoms with Crippen molar-refractivity contribution < 1.29 is 13.2 Å². The number of hydrogen-bond acceptors (Lipinski definition) is 4. The molecular weight excluding hydrogens is 266 g/mol. The third-order valence-corrected chi connectivity index (χ3v) is 4.00. The highest BCUT2D eigenvalue weighted by Gasteiger charge is 2.14. The molecule has 0 spiro atoms. The number of sulfonamides is 1. The number of methoxy groups -OCH3 is 1. The van der Waals surface area contributed by atoms with E-state index in [2.05, 4.69) is 9.82 Å². The van der Waals surface area contributed by atoms with E-state index in [0.717, 1.165) is 0 Å². The molecule has 0 aliphatic rings. The summed E-state index contributed by atoms with van der Waals surface area (Å²) < 4.78 is 33.2. The van der Waals surface area contributed by atoms with Crippen molar-refractivity contribution in [2.75, 3.05) is 7.11 Å². The lowest BCUT2D eigenvalue weighted by Gasteiger charge is -2.06. The highest BCUT2D eigenvalue weighted by Crippen LogP contribution is 2.15. The van der Waals surface area contributed by atoms with Gasteiger partial charge in [0, 0.05) is 13.2 Å². The van der Waals surface area contributed by atoms with Gasteiger partial charge in [-0.15, -0.1) is 0 Å². The lowest BCUT2D eigenvalue weighted by Crippen LogP contribution is -2.23. The number of rotatable bonds is 5. The molecule has 7 heteroatoms. The molecule has 1 aromatic carbocycles. The van der Waals surface area contributed by atoms with Crippen molar-refractivity contribution in [3.63, 3.8) is 0 Å². The predicted molar refractivity (Wildman–Crippen MR) is 70.2 cm³/mol. The van der Waals surface area contributed by atoms with Gasteiger partial charge in [-0.05, 0) is 30.3 Å². The van der Waals surface area contributed by atoms with Gasteiger partial charge in [-0.1, -0.05) is 0 Å². The molecule has 19 heavy (non-hydrogen) atoms. The van der Waals surface area contributed by atoms with Crippen molar-refractivity contribution in [2.24, 2.45) is 7.05 Å². The number of hydrogen-bond donors (Lipinski definition) is 1. The van der Waals surface area contributed by atoms with E-state index in [-0.39, 0.29) is 11.4 Å². The largest absolute Gasteiger partial charge is 0.497 e. The van der Waals surface area contributed by atoms with Crippen LogP contribution in [0.1, 0.15) is 5.69 Å². The fourth-order valence-corrected chi connectivity index (χ4v) is 2.56. The van der Waals surface area contributed by atoms with Crippen LogP contribution in [0.15, 0.2) is 41.4 Å². The highest BCUT2D eigenvalue weighted by molar-refractivity contribution is 7.89. The number of nitrogens with one attached hydrogen (secondary N) is 1. The third-order valence-electron chi connectivity index (χ3n) is 2.58. The van der Waals surface area contributed by atoms with Gasteiger partial charge in [-0.2, -0.15) is 5.10 Å². The Kier molecular flexibility index (Phi) is 3.87. The maximum atomic E-state index is 12.0. The van der Waals surface area contributed by atoms with E-state index in [1.54, 1.807) is 36.1 Å². The van der Waals surface area contributed by atoms with Crippen LogP contribution in [0.25, 0.3) is 0 Å². The Balaban J connectivity index is 2.09. The molecule has 1 aromatic heterocycles. The SMILES string of the molecule is COc1ccc(S(=O)(=O)NCc2ccn(C)n2)cc1. The zero-order chi connectivity index (χ0) is 13.9. The highest BCUT2D eigenvalue weighted by atomic mass is 32.2. The average molecular weight is 281 g/mol. The maximum Gasteiger partial charge on any atom is 0.240 e. The van der Waals surface area contributed by atoms with E-state index in [0.29, 0.717) is 11.4 Å². The van der Waals surface area contributed by atoms with E-state index < -0.39 is 10.0 Å². The lowest BCUT2D eigenvalue weighted by atomic mass is 10.3. The molecule has 0 saturated carbocycles. The van der Waals surface area contributed by atoms with Crippen molar-refractivity contribution in [3.05, 3.63) is 42.2 Å². The minimum Gasteiger partial charge on any atom is -0.497 e. The molecule has 0 atom stereocenters. The fraction of sp³-hybridized carbons (Fsp3) is 0.250. The van der Waals surface area contributed by atoms with E-state index >= 15 is 0 Å². The molecule has 6 nitrogen and oxygen atoms in total. The smallest absolute Gasteiger partial charge is 0.240 e. The van der Waals surface area contributed by atoms with Crippen molar-refractivity contribution in [2.45, 2.75) is 11.4 Å². The van der Waals surface area contributed by atoms with Crippen LogP contribution in [0.2, 0.25) is 0 Å². The van der Waals surface area contributed by atoms with Gasteiger partial charge < -0.3 is 4.74 Å². The summed E-state index contributed by atoms with van der Waals surface area (Å²) in [5, 5.41) is 4.10. The second-order valence-electron chi connectivity index (χ2n) is 3.98. The zero-order valence-electron chi connectivity index (χ0n) is 10.7. The van der Waals surface area contributed by atoms with E-state index in [4.69, 9.17) is 4.74 Å². The summed E-state index contributed by atoms with van der Waals surface area (Å²) in [6.45, 7) is 0.162. The Hall–Kier alpha value is -1.86. The molecule has 0 saturated heterocycles. The normalized spacial score (nSPS) is 11.5. The summed E-state index contributed by atoms with van der Waals surface area (Å²) in [7, 11) is -0.219. The first-order chi connectivity index (χ1) is 9.01. The zero-order valence-corrected chi connectivity index (χ0v) is 11.5. The second kappa shape index (κ2) is 5.41. The lowest BCUT2D eigenvalue weighted by molar-refractivity contribution is 0.414. The quantitative estimate of drug-likeness (QED) is 0.884. The first-order valence-corrected chi connectivity index (χ1v) is 7.12. The van der Waals surface area contributed by atoms with Gasteiger partial charge in [0.25, 0.3) is 0 Å². The van der Waals surface area contributed by atoms with Crippen LogP contribution in [0.4, 0.5) is 0 Å². The molecule has 0 fully saturated rings. The van der Waals surface area contributed by atoms with Crippen LogP contribution in [-0.2, 0) is 23.6 Å². The van der Waals surface area contributed by atoms with Crippen LogP contribution in [-0.4, -0.2) is 25.3 Å². The van der Waals surface area contributed by atoms with Crippen molar-refractivity contribution in [1.29, 1.82) is 0 Å². The molecule has 0 aliphatic carbocycles. The maximum absolute atomic E-state index is 12.0. The Morgan fingerprint density at radius 3 is 2.47 bits per heavy atom. The van der Waals surface area contributed by atoms with E-state index in [9.17, 15) is 8.42 Å². The van der Waals surface area contributed by atoms with Crippen LogP contribution in [0.5, 0.6) is 5.75 Å². The Bertz CT molecular complexity index is 647. The van der Waals surface area contributed by atoms with Gasteiger partial charge in [0.2, 0.25) is 10.0 Å². The third kappa shape index (κ3) is 3.33. The molecule has 2 rings (SSSR count). The topological polar surface area (TPSA) is 73.2 Å². The van der Waals surface area contributed by atoms with Crippen molar-refractivity contribution in [3.8, 4) is 5.75 Å². The van der Waals surface area contributed by atoms with E-state index in [1.807, 2.05) is 0 Å². The molecule has 0 radical (unpaired) electrons. The fourth-order valence-electron chi connectivity index (χ4n) is 1.56. The molecule has 0 bridgehead atoms. The summed E-state index contributed by atoms with van der Waals surface area (Å²) in [5.41, 5.74) is 0.666. The summed E-state index contributed by atoms with van der Waals surface area (Å²) in [6.07, 6.45) is 1.76. The van der Waals surface area contributed by atoms with Crippen molar-refractivity contribution in [1.82, 2.24) is 14.5 Å². The van der Waals surface area contributed by atoms with Gasteiger partial charge in [0.15, 0.2) is 0 Å². The van der Waals surface area contributed by atoms with Crippen LogP contribution in [0, 0.1) is 0 Å². The Labute approximate surface area is 112 Å². The summed E-state index contributed by atoms with van der Waals surface area (Å²) >= 11 is 0. The number of aromatic nitrogens is 2. The minimum atomic E-state index is -3.53. The van der Waals surface area contributed by atoms with Gasteiger partial charge in [0.05, 0.1) is 24.2 Å². The number of ether oxygens (including phenoxy) is 1. The minimum absolute atomic E-state index is 0.162.